The van der Waals surface area contributed by atoms with Crippen LogP contribution < -0.4 is 4.90 Å². The monoisotopic (exact) mass is 907 g/mol. The lowest BCUT2D eigenvalue weighted by Crippen LogP contribution is -2.28. The molecule has 334 valence electrons. The normalized spacial score (nSPS) is 14.0. The molecular weight excluding hydrogens is 863 g/mol. The molecule has 2 aliphatic rings. The molecule has 71 heavy (non-hydrogen) atoms. The van der Waals surface area contributed by atoms with Crippen molar-refractivity contribution in [2.45, 2.75) is 24.7 Å². The van der Waals surface area contributed by atoms with Crippen LogP contribution in [0.5, 0.6) is 0 Å². The smallest absolute Gasteiger partial charge is 0.159 e. The minimum atomic E-state index is -0.568. The van der Waals surface area contributed by atoms with E-state index in [2.05, 4.69) is 255 Å². The molecule has 13 aromatic rings. The molecule has 0 amide bonds. The molecule has 3 heteroatoms. The fourth-order valence-electron chi connectivity index (χ4n) is 12.9. The predicted molar refractivity (Wildman–Crippen MR) is 293 cm³/mol. The molecule has 0 saturated carbocycles. The molecule has 0 aliphatic heterocycles. The van der Waals surface area contributed by atoms with Crippen LogP contribution in [0.3, 0.4) is 0 Å². The highest BCUT2D eigenvalue weighted by atomic mass is 16.3. The number of rotatable bonds is 6. The summed E-state index contributed by atoms with van der Waals surface area (Å²) >= 11 is 0. The molecule has 0 atom stereocenters. The first kappa shape index (κ1) is 40.0. The first-order valence-electron chi connectivity index (χ1n) is 24.7. The second kappa shape index (κ2) is 14.8. The third-order valence-corrected chi connectivity index (χ3v) is 15.9. The van der Waals surface area contributed by atoms with Crippen molar-refractivity contribution in [1.82, 2.24) is 0 Å². The number of benzene rings is 11. The highest BCUT2D eigenvalue weighted by molar-refractivity contribution is 6.26. The van der Waals surface area contributed by atoms with Gasteiger partial charge < -0.3 is 13.7 Å². The van der Waals surface area contributed by atoms with Crippen molar-refractivity contribution < 1.29 is 8.83 Å². The first-order chi connectivity index (χ1) is 35.0. The number of nitrogens with zero attached hydrogens (tertiary/aromatic N) is 1. The maximum absolute atomic E-state index is 7.70. The zero-order chi connectivity index (χ0) is 47.0. The Bertz CT molecular complexity index is 4280. The topological polar surface area (TPSA) is 29.5 Å². The van der Waals surface area contributed by atoms with Gasteiger partial charge >= 0.3 is 0 Å². The Balaban J connectivity index is 1.05. The Kier molecular flexibility index (Phi) is 8.34. The Morgan fingerprint density at radius 2 is 0.944 bits per heavy atom. The Labute approximate surface area is 411 Å². The van der Waals surface area contributed by atoms with Crippen LogP contribution in [0.2, 0.25) is 0 Å². The molecule has 2 aromatic heterocycles. The van der Waals surface area contributed by atoms with Crippen LogP contribution in [0.15, 0.2) is 245 Å². The van der Waals surface area contributed by atoms with Crippen molar-refractivity contribution in [2.24, 2.45) is 0 Å². The second-order valence-corrected chi connectivity index (χ2v) is 19.8. The fourth-order valence-corrected chi connectivity index (χ4v) is 12.9. The van der Waals surface area contributed by atoms with E-state index in [0.29, 0.717) is 0 Å². The Morgan fingerprint density at radius 1 is 0.352 bits per heavy atom. The maximum Gasteiger partial charge on any atom is 0.159 e. The van der Waals surface area contributed by atoms with Gasteiger partial charge in [-0.1, -0.05) is 214 Å². The van der Waals surface area contributed by atoms with Gasteiger partial charge in [-0.3, -0.25) is 0 Å². The molecule has 0 spiro atoms. The number of hydrogen-bond donors (Lipinski definition) is 0. The molecule has 0 fully saturated rings. The molecule has 0 radical (unpaired) electrons. The summed E-state index contributed by atoms with van der Waals surface area (Å²) in [6.07, 6.45) is 0. The Morgan fingerprint density at radius 3 is 1.76 bits per heavy atom. The summed E-state index contributed by atoms with van der Waals surface area (Å²) in [4.78, 5) is 2.43. The van der Waals surface area contributed by atoms with Crippen LogP contribution in [-0.4, -0.2) is 0 Å². The summed E-state index contributed by atoms with van der Waals surface area (Å²) in [6, 6.07) is 86.5. The average Bonchev–Trinajstić information content (AvgIpc) is 4.15. The molecule has 11 aromatic carbocycles. The summed E-state index contributed by atoms with van der Waals surface area (Å²) in [5, 5.41) is 6.47. The summed E-state index contributed by atoms with van der Waals surface area (Å²) in [7, 11) is 0. The van der Waals surface area contributed by atoms with Gasteiger partial charge in [0.05, 0.1) is 16.8 Å². The summed E-state index contributed by atoms with van der Waals surface area (Å²) in [5.41, 5.74) is 20.5. The van der Waals surface area contributed by atoms with E-state index in [0.717, 1.165) is 77.5 Å². The number of fused-ring (bicyclic) bond motifs is 13. The number of hydrogen-bond acceptors (Lipinski definition) is 3. The highest BCUT2D eigenvalue weighted by Crippen LogP contribution is 2.60. The van der Waals surface area contributed by atoms with E-state index in [1.54, 1.807) is 0 Å². The van der Waals surface area contributed by atoms with Gasteiger partial charge in [0.15, 0.2) is 5.58 Å². The van der Waals surface area contributed by atoms with Crippen LogP contribution in [0.1, 0.15) is 47.2 Å². The molecular formula is C68H45NO2. The van der Waals surface area contributed by atoms with Crippen molar-refractivity contribution in [3.05, 3.63) is 270 Å². The molecule has 15 rings (SSSR count). The van der Waals surface area contributed by atoms with Gasteiger partial charge in [0.2, 0.25) is 0 Å². The fraction of sp³-hybridized carbons (Fsp3) is 0.0588. The predicted octanol–water partition coefficient (Wildman–Crippen LogP) is 18.4. The third kappa shape index (κ3) is 5.43. The average molecular weight is 908 g/mol. The van der Waals surface area contributed by atoms with Crippen molar-refractivity contribution in [3.8, 4) is 33.4 Å². The van der Waals surface area contributed by atoms with E-state index >= 15 is 0 Å². The van der Waals surface area contributed by atoms with Crippen LogP contribution in [-0.2, 0) is 10.8 Å². The van der Waals surface area contributed by atoms with Crippen LogP contribution in [0, 0.1) is 0 Å². The first-order valence-corrected chi connectivity index (χ1v) is 24.7. The van der Waals surface area contributed by atoms with Crippen LogP contribution in [0.4, 0.5) is 17.1 Å². The van der Waals surface area contributed by atoms with Crippen molar-refractivity contribution in [3.63, 3.8) is 0 Å². The standard InChI is InChI=1S/C68H45NO2/c1-67(2)54-32-14-11-27-47(54)48-39-38-45(40-57(48)67)69(58-35-17-21-42-20-9-10-26-46(42)58)59-36-19-30-49-53-41-61-63(51-29-13-16-37-60(51)70-61)64(66(53)71-65(49)59)52-31-18-34-56-62(52)50-28-12-15-33-55(50)68(56,43-22-5-3-6-23-43)44-24-7-4-8-25-44/h3-41H,1-2H3. The van der Waals surface area contributed by atoms with Gasteiger partial charge in [0, 0.05) is 43.6 Å². The van der Waals surface area contributed by atoms with E-state index in [1.807, 2.05) is 0 Å². The molecule has 0 saturated heterocycles. The summed E-state index contributed by atoms with van der Waals surface area (Å²) in [6.45, 7) is 4.71. The molecule has 0 bridgehead atoms. The SMILES string of the molecule is CC1(C)c2ccccc2-c2ccc(N(c3cccc4ccccc34)c3cccc4c3oc3c(-c5cccc6c5-c5ccccc5C6(c5ccccc5)c5ccccc5)c5c(cc34)oc3ccccc35)cc21. The van der Waals surface area contributed by atoms with E-state index in [9.17, 15) is 0 Å². The zero-order valence-corrected chi connectivity index (χ0v) is 39.3. The molecule has 0 N–H and O–H groups in total. The van der Waals surface area contributed by atoms with Crippen LogP contribution in [0.25, 0.3) is 88.0 Å². The van der Waals surface area contributed by atoms with Crippen molar-refractivity contribution in [2.75, 3.05) is 4.90 Å². The largest absolute Gasteiger partial charge is 0.456 e. The minimum absolute atomic E-state index is 0.184. The van der Waals surface area contributed by atoms with E-state index in [4.69, 9.17) is 8.83 Å². The van der Waals surface area contributed by atoms with E-state index < -0.39 is 5.41 Å². The van der Waals surface area contributed by atoms with Gasteiger partial charge in [-0.05, 0) is 103 Å². The lowest BCUT2D eigenvalue weighted by molar-refractivity contribution is 0.660. The minimum Gasteiger partial charge on any atom is -0.456 e. The lowest BCUT2D eigenvalue weighted by Gasteiger charge is -2.34. The second-order valence-electron chi connectivity index (χ2n) is 19.8. The van der Waals surface area contributed by atoms with Crippen molar-refractivity contribution >= 4 is 71.7 Å². The van der Waals surface area contributed by atoms with Gasteiger partial charge in [0.25, 0.3) is 0 Å². The summed E-state index contributed by atoms with van der Waals surface area (Å²) in [5.74, 6) is 0. The summed E-state index contributed by atoms with van der Waals surface area (Å²) < 4.78 is 14.6. The van der Waals surface area contributed by atoms with Gasteiger partial charge in [0.1, 0.15) is 16.7 Å². The van der Waals surface area contributed by atoms with Crippen molar-refractivity contribution in [1.29, 1.82) is 0 Å². The van der Waals surface area contributed by atoms with Gasteiger partial charge in [-0.2, -0.15) is 0 Å². The molecule has 2 heterocycles. The van der Waals surface area contributed by atoms with Gasteiger partial charge in [-0.25, -0.2) is 0 Å². The van der Waals surface area contributed by atoms with E-state index in [-0.39, 0.29) is 5.41 Å². The number of furan rings is 2. The number of para-hydroxylation sites is 2. The number of anilines is 3. The molecule has 3 nitrogen and oxygen atoms in total. The van der Waals surface area contributed by atoms with Gasteiger partial charge in [-0.15, -0.1) is 0 Å². The zero-order valence-electron chi connectivity index (χ0n) is 39.3. The van der Waals surface area contributed by atoms with Crippen LogP contribution >= 0.6 is 0 Å². The quantitative estimate of drug-likeness (QED) is 0.166. The van der Waals surface area contributed by atoms with E-state index in [1.165, 1.54) is 61.0 Å². The highest BCUT2D eigenvalue weighted by Gasteiger charge is 2.47. The molecule has 2 aliphatic carbocycles. The molecule has 0 unspecified atom stereocenters. The maximum atomic E-state index is 7.70. The third-order valence-electron chi connectivity index (χ3n) is 15.9. The lowest BCUT2D eigenvalue weighted by atomic mass is 9.67. The Hall–Kier alpha value is -8.92.